The zero-order valence-corrected chi connectivity index (χ0v) is 12.0. The van der Waals surface area contributed by atoms with Gasteiger partial charge < -0.3 is 28.8 Å². The van der Waals surface area contributed by atoms with E-state index in [2.05, 4.69) is 0 Å². The summed E-state index contributed by atoms with van der Waals surface area (Å²) in [6.45, 7) is 0.358. The first kappa shape index (κ1) is 14.9. The van der Waals surface area contributed by atoms with Crippen molar-refractivity contribution in [2.24, 2.45) is 0 Å². The van der Waals surface area contributed by atoms with E-state index in [1.54, 1.807) is 7.11 Å². The Labute approximate surface area is 123 Å². The Morgan fingerprint density at radius 2 is 1.86 bits per heavy atom. The van der Waals surface area contributed by atoms with Gasteiger partial charge in [0.05, 0.1) is 6.61 Å². The van der Waals surface area contributed by atoms with E-state index >= 15 is 0 Å². The summed E-state index contributed by atoms with van der Waals surface area (Å²) in [6.07, 6.45) is -3.39. The molecular weight excluding hydrogens is 276 g/mol. The number of hydrogen-bond donors (Lipinski definition) is 1. The number of hydrogen-bond acceptors (Lipinski definition) is 6. The fourth-order valence-electron chi connectivity index (χ4n) is 2.81. The Morgan fingerprint density at radius 3 is 2.52 bits per heavy atom. The molecular formula is C15H20O6. The first-order chi connectivity index (χ1) is 10.2. The van der Waals surface area contributed by atoms with Crippen LogP contribution in [0.3, 0.4) is 0 Å². The average molecular weight is 296 g/mol. The molecule has 0 radical (unpaired) electrons. The van der Waals surface area contributed by atoms with Crippen molar-refractivity contribution in [3.05, 3.63) is 35.9 Å². The molecule has 6 nitrogen and oxygen atoms in total. The van der Waals surface area contributed by atoms with Crippen molar-refractivity contribution in [3.8, 4) is 0 Å². The van der Waals surface area contributed by atoms with E-state index < -0.39 is 30.9 Å². The molecule has 0 amide bonds. The number of aliphatic hydroxyl groups excluding tert-OH is 1. The molecule has 0 unspecified atom stereocenters. The first-order valence-electron chi connectivity index (χ1n) is 6.95. The summed E-state index contributed by atoms with van der Waals surface area (Å²) >= 11 is 0. The summed E-state index contributed by atoms with van der Waals surface area (Å²) in [7, 11) is 3.03. The Bertz CT molecular complexity index is 453. The van der Waals surface area contributed by atoms with Crippen LogP contribution in [-0.2, 0) is 23.7 Å². The second kappa shape index (κ2) is 6.39. The lowest BCUT2D eigenvalue weighted by Gasteiger charge is -2.47. The molecule has 0 spiro atoms. The van der Waals surface area contributed by atoms with Gasteiger partial charge in [-0.05, 0) is 0 Å². The molecule has 2 heterocycles. The maximum atomic E-state index is 10.2. The highest BCUT2D eigenvalue weighted by atomic mass is 16.8. The lowest BCUT2D eigenvalue weighted by Crippen LogP contribution is -2.62. The lowest BCUT2D eigenvalue weighted by atomic mass is 9.97. The molecule has 1 N–H and O–H groups in total. The minimum absolute atomic E-state index is 0.330. The third-order valence-corrected chi connectivity index (χ3v) is 3.88. The molecule has 1 aromatic carbocycles. The summed E-state index contributed by atoms with van der Waals surface area (Å²) in [5, 5.41) is 10.2. The molecule has 0 saturated carbocycles. The van der Waals surface area contributed by atoms with Gasteiger partial charge in [0.2, 0.25) is 0 Å². The van der Waals surface area contributed by atoms with E-state index in [-0.39, 0.29) is 6.10 Å². The second-order valence-corrected chi connectivity index (χ2v) is 5.15. The van der Waals surface area contributed by atoms with Crippen LogP contribution in [0.15, 0.2) is 30.3 Å². The summed E-state index contributed by atoms with van der Waals surface area (Å²) < 4.78 is 27.9. The normalized spacial score (nSPS) is 39.8. The zero-order valence-electron chi connectivity index (χ0n) is 12.0. The fraction of sp³-hybridized carbons (Fsp3) is 0.600. The number of rotatable bonds is 3. The number of aliphatic hydroxyl groups is 1. The maximum Gasteiger partial charge on any atom is 0.186 e. The molecule has 1 aromatic rings. The first-order valence-corrected chi connectivity index (χ1v) is 6.95. The van der Waals surface area contributed by atoms with Gasteiger partial charge >= 0.3 is 0 Å². The topological polar surface area (TPSA) is 66.4 Å². The van der Waals surface area contributed by atoms with Crippen LogP contribution in [0.1, 0.15) is 11.9 Å². The van der Waals surface area contributed by atoms with Crippen LogP contribution in [0.25, 0.3) is 0 Å². The highest BCUT2D eigenvalue weighted by Gasteiger charge is 2.49. The van der Waals surface area contributed by atoms with Crippen LogP contribution in [0.4, 0.5) is 0 Å². The molecule has 2 aliphatic rings. The molecule has 6 heteroatoms. The molecule has 0 aromatic heterocycles. The van der Waals surface area contributed by atoms with Crippen molar-refractivity contribution < 1.29 is 28.8 Å². The van der Waals surface area contributed by atoms with Crippen molar-refractivity contribution >= 4 is 0 Å². The quantitative estimate of drug-likeness (QED) is 0.892. The highest BCUT2D eigenvalue weighted by molar-refractivity contribution is 5.16. The van der Waals surface area contributed by atoms with Crippen molar-refractivity contribution in [2.45, 2.75) is 37.0 Å². The van der Waals surface area contributed by atoms with E-state index in [9.17, 15) is 5.11 Å². The highest BCUT2D eigenvalue weighted by Crippen LogP contribution is 2.35. The average Bonchev–Trinajstić information content (AvgIpc) is 2.54. The van der Waals surface area contributed by atoms with E-state index in [0.717, 1.165) is 5.56 Å². The predicted octanol–water partition coefficient (Wildman–Crippen LogP) is 0.848. The fourth-order valence-corrected chi connectivity index (χ4v) is 2.81. The minimum atomic E-state index is -0.907. The summed E-state index contributed by atoms with van der Waals surface area (Å²) in [5.74, 6) is 0. The molecule has 2 saturated heterocycles. The maximum absolute atomic E-state index is 10.2. The van der Waals surface area contributed by atoms with Gasteiger partial charge in [-0.1, -0.05) is 30.3 Å². The SMILES string of the molecule is CO[C@@H]1O[C@@H]2CO[C@H](c3ccccc3)O[C@@H]2[C@@H](OC)[C@H]1O. The van der Waals surface area contributed by atoms with Gasteiger partial charge in [0.15, 0.2) is 12.6 Å². The van der Waals surface area contributed by atoms with Crippen molar-refractivity contribution in [2.75, 3.05) is 20.8 Å². The van der Waals surface area contributed by atoms with Crippen LogP contribution in [-0.4, -0.2) is 56.6 Å². The Hall–Kier alpha value is -1.02. The molecule has 6 atom stereocenters. The van der Waals surface area contributed by atoms with Crippen LogP contribution in [0, 0.1) is 0 Å². The molecule has 0 aliphatic carbocycles. The third-order valence-electron chi connectivity index (χ3n) is 3.88. The lowest BCUT2D eigenvalue weighted by molar-refractivity contribution is -0.360. The predicted molar refractivity (Wildman–Crippen MR) is 72.5 cm³/mol. The van der Waals surface area contributed by atoms with Gasteiger partial charge in [-0.3, -0.25) is 0 Å². The van der Waals surface area contributed by atoms with Crippen LogP contribution in [0.5, 0.6) is 0 Å². The second-order valence-electron chi connectivity index (χ2n) is 5.15. The molecule has 21 heavy (non-hydrogen) atoms. The van der Waals surface area contributed by atoms with Crippen molar-refractivity contribution in [1.29, 1.82) is 0 Å². The monoisotopic (exact) mass is 296 g/mol. The standard InChI is InChI=1S/C15H20O6/c1-17-13-11(16)15(18-2)20-10-8-19-14(21-12(10)13)9-6-4-3-5-7-9/h3-7,10-16H,8H2,1-2H3/t10-,11-,12+,13+,14+,15-/m1/s1. The van der Waals surface area contributed by atoms with Gasteiger partial charge in [0, 0.05) is 19.8 Å². The van der Waals surface area contributed by atoms with Gasteiger partial charge in [-0.2, -0.15) is 0 Å². The number of methoxy groups -OCH3 is 2. The van der Waals surface area contributed by atoms with E-state index in [1.807, 2.05) is 30.3 Å². The molecule has 2 aliphatic heterocycles. The molecule has 2 fully saturated rings. The Balaban J connectivity index is 1.77. The van der Waals surface area contributed by atoms with Crippen molar-refractivity contribution in [3.63, 3.8) is 0 Å². The summed E-state index contributed by atoms with van der Waals surface area (Å²) in [6, 6.07) is 9.66. The van der Waals surface area contributed by atoms with Gasteiger partial charge in [-0.25, -0.2) is 0 Å². The van der Waals surface area contributed by atoms with Gasteiger partial charge in [0.25, 0.3) is 0 Å². The Morgan fingerprint density at radius 1 is 1.10 bits per heavy atom. The third kappa shape index (κ3) is 2.83. The largest absolute Gasteiger partial charge is 0.385 e. The smallest absolute Gasteiger partial charge is 0.186 e. The van der Waals surface area contributed by atoms with Crippen LogP contribution >= 0.6 is 0 Å². The van der Waals surface area contributed by atoms with E-state index in [0.29, 0.717) is 6.61 Å². The van der Waals surface area contributed by atoms with Crippen LogP contribution < -0.4 is 0 Å². The number of ether oxygens (including phenoxy) is 5. The van der Waals surface area contributed by atoms with E-state index in [4.69, 9.17) is 23.7 Å². The summed E-state index contributed by atoms with van der Waals surface area (Å²) in [4.78, 5) is 0. The van der Waals surface area contributed by atoms with Crippen molar-refractivity contribution in [1.82, 2.24) is 0 Å². The number of benzene rings is 1. The number of fused-ring (bicyclic) bond motifs is 1. The Kier molecular flexibility index (Phi) is 4.54. The molecule has 116 valence electrons. The zero-order chi connectivity index (χ0) is 14.8. The molecule has 3 rings (SSSR count). The van der Waals surface area contributed by atoms with Crippen LogP contribution in [0.2, 0.25) is 0 Å². The minimum Gasteiger partial charge on any atom is -0.385 e. The van der Waals surface area contributed by atoms with Gasteiger partial charge in [0.1, 0.15) is 24.4 Å². The van der Waals surface area contributed by atoms with Gasteiger partial charge in [-0.15, -0.1) is 0 Å². The molecule has 0 bridgehead atoms. The summed E-state index contributed by atoms with van der Waals surface area (Å²) in [5.41, 5.74) is 0.925. The van der Waals surface area contributed by atoms with E-state index in [1.165, 1.54) is 7.11 Å².